The smallest absolute Gasteiger partial charge is 0.200 e. The minimum absolute atomic E-state index is 0.0702. The molecule has 3 N–H and O–H groups in total. The minimum Gasteiger partial charge on any atom is -0.312 e. The molecule has 0 aliphatic carbocycles. The van der Waals surface area contributed by atoms with Gasteiger partial charge in [0.1, 0.15) is 0 Å². The highest BCUT2D eigenvalue weighted by atomic mass is 79.9. The summed E-state index contributed by atoms with van der Waals surface area (Å²) in [4.78, 5) is 0.111. The summed E-state index contributed by atoms with van der Waals surface area (Å²) in [7, 11) is -6.83. The largest absolute Gasteiger partial charge is 0.312 e. The zero-order valence-electron chi connectivity index (χ0n) is 9.41. The lowest BCUT2D eigenvalue weighted by molar-refractivity contribution is 0.462. The average Bonchev–Trinajstić information content (AvgIpc) is 2.28. The van der Waals surface area contributed by atoms with Crippen LogP contribution in [0.25, 0.3) is 0 Å². The third-order valence-electron chi connectivity index (χ3n) is 2.80. The highest BCUT2D eigenvalue weighted by Crippen LogP contribution is 2.49. The number of hydrogen-bond donors (Lipinski definition) is 3. The van der Waals surface area contributed by atoms with E-state index in [4.69, 9.17) is 0 Å². The van der Waals surface area contributed by atoms with Gasteiger partial charge >= 0.3 is 0 Å². The van der Waals surface area contributed by atoms with Gasteiger partial charge in [0.25, 0.3) is 0 Å². The molecule has 18 heavy (non-hydrogen) atoms. The van der Waals surface area contributed by atoms with Gasteiger partial charge in [-0.3, -0.25) is 9.11 Å². The zero-order chi connectivity index (χ0) is 13.4. The molecule has 0 spiro atoms. The molecular weight excluding hydrogens is 342 g/mol. The SMILES string of the molecule is O=S(=O)(c1ccc(Br)cc1)C1CNCCS1(O)O. The average molecular weight is 356 g/mol. The van der Waals surface area contributed by atoms with Crippen molar-refractivity contribution in [1.82, 2.24) is 5.32 Å². The van der Waals surface area contributed by atoms with Crippen molar-refractivity contribution in [3.05, 3.63) is 28.7 Å². The third-order valence-corrected chi connectivity index (χ3v) is 8.61. The van der Waals surface area contributed by atoms with Gasteiger partial charge in [-0.05, 0) is 24.3 Å². The van der Waals surface area contributed by atoms with E-state index in [0.29, 0.717) is 6.54 Å². The van der Waals surface area contributed by atoms with Gasteiger partial charge in [-0.2, -0.15) is 10.6 Å². The van der Waals surface area contributed by atoms with Crippen LogP contribution in [-0.4, -0.2) is 40.9 Å². The van der Waals surface area contributed by atoms with Crippen molar-refractivity contribution in [2.75, 3.05) is 18.8 Å². The molecule has 5 nitrogen and oxygen atoms in total. The Morgan fingerprint density at radius 2 is 1.89 bits per heavy atom. The Labute approximate surface area is 116 Å². The maximum absolute atomic E-state index is 12.4. The van der Waals surface area contributed by atoms with E-state index in [-0.39, 0.29) is 17.2 Å². The van der Waals surface area contributed by atoms with E-state index in [9.17, 15) is 17.5 Å². The van der Waals surface area contributed by atoms with Crippen LogP contribution in [0, 0.1) is 0 Å². The van der Waals surface area contributed by atoms with E-state index >= 15 is 0 Å². The van der Waals surface area contributed by atoms with Gasteiger partial charge in [0, 0.05) is 17.6 Å². The summed E-state index contributed by atoms with van der Waals surface area (Å²) >= 11 is 3.23. The number of benzene rings is 1. The van der Waals surface area contributed by atoms with E-state index in [2.05, 4.69) is 21.2 Å². The molecule has 8 heteroatoms. The number of sulfone groups is 1. The van der Waals surface area contributed by atoms with E-state index in [1.54, 1.807) is 12.1 Å². The van der Waals surface area contributed by atoms with Crippen molar-refractivity contribution in [3.8, 4) is 0 Å². The Kier molecular flexibility index (Phi) is 4.05. The molecule has 1 aliphatic rings. The highest BCUT2D eigenvalue weighted by molar-refractivity contribution is 9.10. The molecule has 1 aliphatic heterocycles. The van der Waals surface area contributed by atoms with Crippen molar-refractivity contribution < 1.29 is 17.5 Å². The van der Waals surface area contributed by atoms with Gasteiger partial charge in [0.15, 0.2) is 14.4 Å². The fraction of sp³-hybridized carbons (Fsp3) is 0.400. The van der Waals surface area contributed by atoms with E-state index < -0.39 is 25.0 Å². The Hall–Kier alpha value is -0.120. The molecule has 1 saturated heterocycles. The Morgan fingerprint density at radius 3 is 2.44 bits per heavy atom. The number of nitrogens with one attached hydrogen (secondary N) is 1. The second-order valence-electron chi connectivity index (χ2n) is 4.05. The van der Waals surface area contributed by atoms with Gasteiger partial charge in [-0.15, -0.1) is 0 Å². The molecule has 102 valence electrons. The van der Waals surface area contributed by atoms with E-state index in [1.165, 1.54) is 12.1 Å². The lowest BCUT2D eigenvalue weighted by Gasteiger charge is -2.42. The van der Waals surface area contributed by atoms with Crippen molar-refractivity contribution in [2.45, 2.75) is 9.48 Å². The molecule has 0 radical (unpaired) electrons. The molecule has 1 unspecified atom stereocenters. The summed E-state index contributed by atoms with van der Waals surface area (Å²) in [5.74, 6) is 0.0768. The first kappa shape index (κ1) is 14.3. The van der Waals surface area contributed by atoms with Crippen LogP contribution >= 0.6 is 26.5 Å². The second kappa shape index (κ2) is 5.10. The molecule has 0 aromatic heterocycles. The van der Waals surface area contributed by atoms with E-state index in [0.717, 1.165) is 4.47 Å². The monoisotopic (exact) mass is 355 g/mol. The number of rotatable bonds is 2. The predicted octanol–water partition coefficient (Wildman–Crippen LogP) is 1.90. The van der Waals surface area contributed by atoms with Crippen molar-refractivity contribution in [1.29, 1.82) is 0 Å². The minimum atomic E-state index is -3.73. The summed E-state index contributed by atoms with van der Waals surface area (Å²) in [5, 5.41) is 2.89. The van der Waals surface area contributed by atoms with Gasteiger partial charge in [0.2, 0.25) is 0 Å². The Balaban J connectivity index is 2.38. The standard InChI is InChI=1S/C10H14BrNO4S2/c11-8-1-3-9(4-2-8)18(15,16)10-7-12-5-6-17(10,13)14/h1-4,10,12-14H,5-7H2. The lowest BCUT2D eigenvalue weighted by atomic mass is 10.4. The lowest BCUT2D eigenvalue weighted by Crippen LogP contribution is -2.45. The summed E-state index contributed by atoms with van der Waals surface area (Å²) in [6, 6.07) is 6.16. The van der Waals surface area contributed by atoms with Gasteiger partial charge in [0.05, 0.1) is 10.6 Å². The van der Waals surface area contributed by atoms with Crippen LogP contribution in [0.3, 0.4) is 0 Å². The third kappa shape index (κ3) is 2.73. The van der Waals surface area contributed by atoms with Crippen LogP contribution in [0.2, 0.25) is 0 Å². The molecule has 1 heterocycles. The van der Waals surface area contributed by atoms with Gasteiger partial charge in [-0.25, -0.2) is 8.42 Å². The molecule has 1 fully saturated rings. The van der Waals surface area contributed by atoms with Crippen LogP contribution in [0.1, 0.15) is 0 Å². The zero-order valence-corrected chi connectivity index (χ0v) is 12.6. The summed E-state index contributed by atoms with van der Waals surface area (Å²) in [5.41, 5.74) is 0. The van der Waals surface area contributed by atoms with Crippen LogP contribution in [0.5, 0.6) is 0 Å². The highest BCUT2D eigenvalue weighted by Gasteiger charge is 2.40. The molecule has 1 aromatic rings. The molecule has 2 rings (SSSR count). The molecule has 1 atom stereocenters. The molecular formula is C10H14BrNO4S2. The van der Waals surface area contributed by atoms with Gasteiger partial charge in [-0.1, -0.05) is 15.9 Å². The van der Waals surface area contributed by atoms with Gasteiger partial charge < -0.3 is 5.32 Å². The fourth-order valence-corrected chi connectivity index (χ4v) is 6.55. The van der Waals surface area contributed by atoms with E-state index in [1.807, 2.05) is 0 Å². The Bertz CT molecular complexity index is 529. The first-order chi connectivity index (χ1) is 8.34. The first-order valence-corrected chi connectivity index (χ1v) is 9.41. The molecule has 0 saturated carbocycles. The molecule has 1 aromatic carbocycles. The normalized spacial score (nSPS) is 25.6. The topological polar surface area (TPSA) is 86.6 Å². The maximum atomic E-state index is 12.4. The van der Waals surface area contributed by atoms with Crippen LogP contribution in [0.15, 0.2) is 33.6 Å². The van der Waals surface area contributed by atoms with Crippen molar-refractivity contribution >= 4 is 36.4 Å². The quantitative estimate of drug-likeness (QED) is 0.754. The second-order valence-corrected chi connectivity index (χ2v) is 9.81. The van der Waals surface area contributed by atoms with Crippen LogP contribution in [0.4, 0.5) is 0 Å². The van der Waals surface area contributed by atoms with Crippen LogP contribution < -0.4 is 5.32 Å². The summed E-state index contributed by atoms with van der Waals surface area (Å²) in [6.45, 7) is 0.495. The predicted molar refractivity (Wildman–Crippen MR) is 75.7 cm³/mol. The first-order valence-electron chi connectivity index (χ1n) is 5.29. The number of hydrogen-bond acceptors (Lipinski definition) is 5. The fourth-order valence-electron chi connectivity index (χ4n) is 1.80. The molecule has 0 bridgehead atoms. The van der Waals surface area contributed by atoms with Crippen LogP contribution in [-0.2, 0) is 9.84 Å². The maximum Gasteiger partial charge on any atom is 0.200 e. The number of halogens is 1. The van der Waals surface area contributed by atoms with Crippen molar-refractivity contribution in [2.24, 2.45) is 0 Å². The summed E-state index contributed by atoms with van der Waals surface area (Å²) in [6.07, 6.45) is 0. The van der Waals surface area contributed by atoms with Crippen molar-refractivity contribution in [3.63, 3.8) is 0 Å². The molecule has 0 amide bonds. The Morgan fingerprint density at radius 1 is 1.28 bits per heavy atom. The summed E-state index contributed by atoms with van der Waals surface area (Å²) < 4.78 is 44.1.